The second-order valence-corrected chi connectivity index (χ2v) is 10.1. The predicted octanol–water partition coefficient (Wildman–Crippen LogP) is 10.1. The van der Waals surface area contributed by atoms with E-state index in [1.54, 1.807) is 0 Å². The van der Waals surface area contributed by atoms with Crippen molar-refractivity contribution in [3.8, 4) is 5.69 Å². The lowest BCUT2D eigenvalue weighted by atomic mass is 9.92. The van der Waals surface area contributed by atoms with Crippen LogP contribution in [0.25, 0.3) is 81.7 Å². The normalized spacial score (nSPS) is 12.2. The predicted molar refractivity (Wildman–Crippen MR) is 161 cm³/mol. The van der Waals surface area contributed by atoms with E-state index in [1.165, 1.54) is 59.8 Å². The molecule has 7 aromatic carbocycles. The van der Waals surface area contributed by atoms with Gasteiger partial charge < -0.3 is 8.98 Å². The van der Waals surface area contributed by atoms with E-state index in [-0.39, 0.29) is 0 Å². The third-order valence-electron chi connectivity index (χ3n) is 8.14. The molecule has 0 bridgehead atoms. The van der Waals surface area contributed by atoms with E-state index in [0.717, 1.165) is 21.9 Å². The zero-order chi connectivity index (χ0) is 24.8. The molecule has 176 valence electrons. The van der Waals surface area contributed by atoms with Crippen LogP contribution in [0.5, 0.6) is 0 Å². The van der Waals surface area contributed by atoms with Crippen molar-refractivity contribution in [2.75, 3.05) is 0 Å². The summed E-state index contributed by atoms with van der Waals surface area (Å²) in [5.41, 5.74) is 5.46. The lowest BCUT2D eigenvalue weighted by molar-refractivity contribution is 0.669. The minimum absolute atomic E-state index is 0.929. The maximum atomic E-state index is 6.34. The van der Waals surface area contributed by atoms with Gasteiger partial charge in [-0.3, -0.25) is 0 Å². The van der Waals surface area contributed by atoms with Gasteiger partial charge in [0.2, 0.25) is 0 Å². The zero-order valence-corrected chi connectivity index (χ0v) is 20.5. The monoisotopic (exact) mass is 483 g/mol. The molecule has 0 amide bonds. The molecule has 0 aliphatic heterocycles. The number of hydrogen-bond donors (Lipinski definition) is 0. The Morgan fingerprint density at radius 2 is 0.921 bits per heavy atom. The third kappa shape index (κ3) is 2.56. The molecule has 9 aromatic rings. The summed E-state index contributed by atoms with van der Waals surface area (Å²) in [7, 11) is 0. The first-order valence-corrected chi connectivity index (χ1v) is 13.0. The van der Waals surface area contributed by atoms with Gasteiger partial charge in [0.15, 0.2) is 0 Å². The van der Waals surface area contributed by atoms with Gasteiger partial charge in [-0.05, 0) is 80.8 Å². The first kappa shape index (κ1) is 20.0. The first-order chi connectivity index (χ1) is 18.8. The van der Waals surface area contributed by atoms with Gasteiger partial charge in [-0.25, -0.2) is 0 Å². The Morgan fingerprint density at radius 3 is 1.71 bits per heavy atom. The van der Waals surface area contributed by atoms with Gasteiger partial charge in [-0.1, -0.05) is 78.9 Å². The van der Waals surface area contributed by atoms with Crippen molar-refractivity contribution in [1.82, 2.24) is 4.57 Å². The fraction of sp³-hybridized carbons (Fsp3) is 0. The molecule has 0 aliphatic rings. The Balaban J connectivity index is 1.54. The molecule has 2 heterocycles. The molecule has 2 aromatic heterocycles. The third-order valence-corrected chi connectivity index (χ3v) is 8.14. The van der Waals surface area contributed by atoms with Crippen molar-refractivity contribution >= 4 is 76.1 Å². The summed E-state index contributed by atoms with van der Waals surface area (Å²) in [6.07, 6.45) is 0. The van der Waals surface area contributed by atoms with Gasteiger partial charge in [-0.2, -0.15) is 0 Å². The summed E-state index contributed by atoms with van der Waals surface area (Å²) in [6, 6.07) is 45.9. The molecule has 0 fully saturated rings. The van der Waals surface area contributed by atoms with E-state index in [2.05, 4.69) is 126 Å². The Morgan fingerprint density at radius 1 is 0.342 bits per heavy atom. The molecule has 9 rings (SSSR count). The number of hydrogen-bond acceptors (Lipinski definition) is 1. The average molecular weight is 484 g/mol. The quantitative estimate of drug-likeness (QED) is 0.212. The van der Waals surface area contributed by atoms with E-state index < -0.39 is 0 Å². The molecule has 2 heteroatoms. The number of benzene rings is 7. The number of nitrogens with zero attached hydrogens (tertiary/aromatic N) is 1. The summed E-state index contributed by atoms with van der Waals surface area (Å²) >= 11 is 0. The van der Waals surface area contributed by atoms with Crippen LogP contribution < -0.4 is 0 Å². The highest BCUT2D eigenvalue weighted by molar-refractivity contribution is 6.31. The highest BCUT2D eigenvalue weighted by atomic mass is 16.3. The minimum Gasteiger partial charge on any atom is -0.456 e. The van der Waals surface area contributed by atoms with Crippen LogP contribution in [0, 0.1) is 0 Å². The second-order valence-electron chi connectivity index (χ2n) is 10.1. The molecular formula is C36H21NO. The van der Waals surface area contributed by atoms with Crippen LogP contribution in [0.2, 0.25) is 0 Å². The van der Waals surface area contributed by atoms with Crippen LogP contribution in [0.3, 0.4) is 0 Å². The van der Waals surface area contributed by atoms with Crippen LogP contribution in [-0.4, -0.2) is 4.57 Å². The maximum Gasteiger partial charge on any atom is 0.136 e. The lowest BCUT2D eigenvalue weighted by Gasteiger charge is -2.12. The van der Waals surface area contributed by atoms with E-state index >= 15 is 0 Å². The smallest absolute Gasteiger partial charge is 0.136 e. The number of fused-ring (bicyclic) bond motifs is 12. The molecule has 0 aliphatic carbocycles. The molecular weight excluding hydrogens is 462 g/mol. The second kappa shape index (κ2) is 7.24. The van der Waals surface area contributed by atoms with E-state index in [9.17, 15) is 0 Å². The number of para-hydroxylation sites is 3. The molecule has 0 spiro atoms. The SMILES string of the molecule is c1ccc(-n2c3ccccc3c3cc4c5ccccc5c5cc6c(cc5c4cc32)oc2ccccc26)cc1. The molecule has 0 atom stereocenters. The fourth-order valence-corrected chi connectivity index (χ4v) is 6.49. The Labute approximate surface area is 217 Å². The summed E-state index contributed by atoms with van der Waals surface area (Å²) in [6.45, 7) is 0. The number of furan rings is 1. The van der Waals surface area contributed by atoms with Gasteiger partial charge >= 0.3 is 0 Å². The molecule has 38 heavy (non-hydrogen) atoms. The van der Waals surface area contributed by atoms with Gasteiger partial charge in [0.05, 0.1) is 11.0 Å². The summed E-state index contributed by atoms with van der Waals surface area (Å²) in [5, 5.41) is 12.4. The Hall–Kier alpha value is -5.08. The van der Waals surface area contributed by atoms with Crippen molar-refractivity contribution in [3.05, 3.63) is 127 Å². The van der Waals surface area contributed by atoms with Gasteiger partial charge in [0.1, 0.15) is 11.2 Å². The van der Waals surface area contributed by atoms with E-state index in [0.29, 0.717) is 0 Å². The van der Waals surface area contributed by atoms with Crippen molar-refractivity contribution < 1.29 is 4.42 Å². The van der Waals surface area contributed by atoms with Crippen LogP contribution in [0.1, 0.15) is 0 Å². The standard InChI is InChI=1S/C36H21NO/c1-2-10-22(11-3-1)37-33-16-8-6-14-25(33)31-18-27-23-12-4-5-13-24(23)28-19-32-26-15-7-9-17-35(26)38-36(32)21-30(28)29(27)20-34(31)37/h1-21H. The van der Waals surface area contributed by atoms with Crippen molar-refractivity contribution in [2.45, 2.75) is 0 Å². The van der Waals surface area contributed by atoms with Crippen molar-refractivity contribution in [1.29, 1.82) is 0 Å². The molecule has 0 N–H and O–H groups in total. The highest BCUT2D eigenvalue weighted by Crippen LogP contribution is 2.43. The Bertz CT molecular complexity index is 2390. The zero-order valence-electron chi connectivity index (χ0n) is 20.5. The van der Waals surface area contributed by atoms with E-state index in [4.69, 9.17) is 4.42 Å². The largest absolute Gasteiger partial charge is 0.456 e. The molecule has 0 unspecified atom stereocenters. The minimum atomic E-state index is 0.929. The summed E-state index contributed by atoms with van der Waals surface area (Å²) in [4.78, 5) is 0. The van der Waals surface area contributed by atoms with Gasteiger partial charge in [-0.15, -0.1) is 0 Å². The molecule has 2 nitrogen and oxygen atoms in total. The van der Waals surface area contributed by atoms with Crippen LogP contribution >= 0.6 is 0 Å². The van der Waals surface area contributed by atoms with Gasteiger partial charge in [0.25, 0.3) is 0 Å². The lowest BCUT2D eigenvalue weighted by Crippen LogP contribution is -1.93. The summed E-state index contributed by atoms with van der Waals surface area (Å²) < 4.78 is 8.74. The highest BCUT2D eigenvalue weighted by Gasteiger charge is 2.17. The summed E-state index contributed by atoms with van der Waals surface area (Å²) in [5.74, 6) is 0. The maximum absolute atomic E-state index is 6.34. The fourth-order valence-electron chi connectivity index (χ4n) is 6.49. The molecule has 0 saturated heterocycles. The number of rotatable bonds is 1. The van der Waals surface area contributed by atoms with Crippen molar-refractivity contribution in [2.24, 2.45) is 0 Å². The topological polar surface area (TPSA) is 18.1 Å². The van der Waals surface area contributed by atoms with Gasteiger partial charge in [0, 0.05) is 27.2 Å². The van der Waals surface area contributed by atoms with Crippen LogP contribution in [0.15, 0.2) is 132 Å². The Kier molecular flexibility index (Phi) is 3.82. The van der Waals surface area contributed by atoms with Crippen LogP contribution in [-0.2, 0) is 0 Å². The van der Waals surface area contributed by atoms with E-state index in [1.807, 2.05) is 6.07 Å². The average Bonchev–Trinajstić information content (AvgIpc) is 3.51. The first-order valence-electron chi connectivity index (χ1n) is 13.0. The molecule has 0 radical (unpaired) electrons. The number of aromatic nitrogens is 1. The van der Waals surface area contributed by atoms with Crippen molar-refractivity contribution in [3.63, 3.8) is 0 Å². The van der Waals surface area contributed by atoms with Crippen LogP contribution in [0.4, 0.5) is 0 Å². The molecule has 0 saturated carbocycles.